The van der Waals surface area contributed by atoms with Crippen LogP contribution in [0, 0.1) is 0 Å². The van der Waals surface area contributed by atoms with E-state index in [2.05, 4.69) is 156 Å². The van der Waals surface area contributed by atoms with E-state index in [-0.39, 0.29) is 32.5 Å². The van der Waals surface area contributed by atoms with Gasteiger partial charge in [-0.1, -0.05) is 156 Å². The molecule has 1 atom stereocenters. The fraction of sp³-hybridized carbons (Fsp3) is 0.692. The van der Waals surface area contributed by atoms with Crippen molar-refractivity contribution in [2.75, 3.05) is 0 Å². The highest BCUT2D eigenvalue weighted by atomic mass is 14.4. The minimum absolute atomic E-state index is 0.0597. The first kappa shape index (κ1) is 33.6. The maximum Gasteiger partial charge on any atom is -0.0126 e. The Morgan fingerprint density at radius 1 is 0.462 bits per heavy atom. The molecule has 0 N–H and O–H groups in total. The molecule has 220 valence electrons. The SMILES string of the molecule is CC(Cc1cc(C(C)(C)C)cc(C(C)(C)C)c1C(C)(C)C)c1ccc(C(C)(C)C)c(C(C)(C)C)c1C(C)(C)C. The van der Waals surface area contributed by atoms with Crippen molar-refractivity contribution in [1.29, 1.82) is 0 Å². The molecule has 0 aliphatic heterocycles. The summed E-state index contributed by atoms with van der Waals surface area (Å²) in [4.78, 5) is 0. The van der Waals surface area contributed by atoms with Crippen LogP contribution >= 0.6 is 0 Å². The molecule has 0 aliphatic rings. The van der Waals surface area contributed by atoms with Crippen LogP contribution in [-0.2, 0) is 38.9 Å². The Balaban J connectivity index is 2.96. The van der Waals surface area contributed by atoms with E-state index in [1.165, 1.54) is 27.8 Å². The summed E-state index contributed by atoms with van der Waals surface area (Å²) in [5.41, 5.74) is 12.7. The van der Waals surface area contributed by atoms with Gasteiger partial charge in [0.15, 0.2) is 0 Å². The molecular weight excluding hydrogens is 468 g/mol. The predicted molar refractivity (Wildman–Crippen MR) is 177 cm³/mol. The largest absolute Gasteiger partial charge is 0.0581 e. The smallest absolute Gasteiger partial charge is 0.0126 e. The van der Waals surface area contributed by atoms with E-state index in [1.54, 1.807) is 16.7 Å². The lowest BCUT2D eigenvalue weighted by Gasteiger charge is -2.39. The maximum absolute atomic E-state index is 2.55. The molecular formula is C39H64. The number of hydrogen-bond donors (Lipinski definition) is 0. The highest BCUT2D eigenvalue weighted by Crippen LogP contribution is 2.46. The van der Waals surface area contributed by atoms with Crippen LogP contribution in [0.1, 0.15) is 182 Å². The van der Waals surface area contributed by atoms with Crippen molar-refractivity contribution in [3.05, 3.63) is 68.8 Å². The van der Waals surface area contributed by atoms with E-state index in [0.29, 0.717) is 5.92 Å². The van der Waals surface area contributed by atoms with Crippen LogP contribution in [0.25, 0.3) is 0 Å². The molecule has 0 bridgehead atoms. The van der Waals surface area contributed by atoms with Gasteiger partial charge in [0.25, 0.3) is 0 Å². The number of benzene rings is 2. The van der Waals surface area contributed by atoms with E-state index in [1.807, 2.05) is 0 Å². The Kier molecular flexibility index (Phi) is 8.94. The van der Waals surface area contributed by atoms with Crippen LogP contribution in [0.15, 0.2) is 24.3 Å². The van der Waals surface area contributed by atoms with Gasteiger partial charge in [0, 0.05) is 0 Å². The van der Waals surface area contributed by atoms with Gasteiger partial charge >= 0.3 is 0 Å². The van der Waals surface area contributed by atoms with E-state index >= 15 is 0 Å². The van der Waals surface area contributed by atoms with Gasteiger partial charge in [-0.05, 0) is 89.3 Å². The first-order valence-electron chi connectivity index (χ1n) is 15.4. The molecule has 0 fully saturated rings. The lowest BCUT2D eigenvalue weighted by Crippen LogP contribution is -2.30. The zero-order chi connectivity index (χ0) is 30.7. The third-order valence-corrected chi connectivity index (χ3v) is 8.25. The monoisotopic (exact) mass is 533 g/mol. The summed E-state index contributed by atoms with van der Waals surface area (Å²) in [6, 6.07) is 10.0. The zero-order valence-corrected chi connectivity index (χ0v) is 29.6. The molecule has 0 saturated carbocycles. The summed E-state index contributed by atoms with van der Waals surface area (Å²) in [6.07, 6.45) is 1.06. The zero-order valence-electron chi connectivity index (χ0n) is 29.6. The van der Waals surface area contributed by atoms with Gasteiger partial charge in [0.1, 0.15) is 0 Å². The third-order valence-electron chi connectivity index (χ3n) is 8.25. The maximum atomic E-state index is 2.55. The summed E-state index contributed by atoms with van der Waals surface area (Å²) >= 11 is 0. The first-order valence-corrected chi connectivity index (χ1v) is 15.4. The van der Waals surface area contributed by atoms with Gasteiger partial charge in [-0.3, -0.25) is 0 Å². The van der Waals surface area contributed by atoms with Crippen molar-refractivity contribution in [2.24, 2.45) is 0 Å². The molecule has 2 aromatic rings. The van der Waals surface area contributed by atoms with Gasteiger partial charge in [-0.15, -0.1) is 0 Å². The standard InChI is InChI=1S/C39H64/c1-25(28-20-21-29(35(5,6)7)33(39(17,18)19)32(28)38(14,15)16)22-26-23-27(34(2,3)4)24-30(36(8,9)10)31(26)37(11,12)13/h20-21,23-25H,22H2,1-19H3. The second-order valence-electron chi connectivity index (χ2n) is 18.6. The highest BCUT2D eigenvalue weighted by molar-refractivity contribution is 5.53. The van der Waals surface area contributed by atoms with E-state index in [9.17, 15) is 0 Å². The molecule has 0 aromatic heterocycles. The fourth-order valence-corrected chi connectivity index (χ4v) is 6.45. The quantitative estimate of drug-likeness (QED) is 0.369. The summed E-state index contributed by atoms with van der Waals surface area (Å²) in [5.74, 6) is 0.415. The van der Waals surface area contributed by atoms with Crippen LogP contribution in [0.5, 0.6) is 0 Å². The minimum atomic E-state index is 0.0597. The third kappa shape index (κ3) is 7.59. The Morgan fingerprint density at radius 3 is 1.26 bits per heavy atom. The van der Waals surface area contributed by atoms with Crippen molar-refractivity contribution in [3.8, 4) is 0 Å². The lowest BCUT2D eigenvalue weighted by molar-refractivity contribution is 0.489. The average molecular weight is 533 g/mol. The summed E-state index contributed by atoms with van der Waals surface area (Å²) in [7, 11) is 0. The second kappa shape index (κ2) is 10.4. The summed E-state index contributed by atoms with van der Waals surface area (Å²) < 4.78 is 0. The van der Waals surface area contributed by atoms with Gasteiger partial charge < -0.3 is 0 Å². The van der Waals surface area contributed by atoms with Crippen LogP contribution in [-0.4, -0.2) is 0 Å². The first-order chi connectivity index (χ1) is 17.1. The van der Waals surface area contributed by atoms with E-state index < -0.39 is 0 Å². The van der Waals surface area contributed by atoms with Crippen molar-refractivity contribution < 1.29 is 0 Å². The molecule has 0 amide bonds. The topological polar surface area (TPSA) is 0 Å². The Labute approximate surface area is 244 Å². The molecule has 2 rings (SSSR count). The molecule has 1 unspecified atom stereocenters. The van der Waals surface area contributed by atoms with E-state index in [4.69, 9.17) is 0 Å². The summed E-state index contributed by atoms with van der Waals surface area (Å²) in [6.45, 7) is 45.5. The number of rotatable bonds is 3. The highest BCUT2D eigenvalue weighted by Gasteiger charge is 2.36. The lowest BCUT2D eigenvalue weighted by atomic mass is 9.65. The normalized spacial score (nSPS) is 15.1. The molecule has 0 heteroatoms. The molecule has 0 saturated heterocycles. The second-order valence-corrected chi connectivity index (χ2v) is 18.6. The minimum Gasteiger partial charge on any atom is -0.0581 e. The van der Waals surface area contributed by atoms with Crippen molar-refractivity contribution in [1.82, 2.24) is 0 Å². The molecule has 2 aromatic carbocycles. The Morgan fingerprint density at radius 2 is 0.897 bits per heavy atom. The summed E-state index contributed by atoms with van der Waals surface area (Å²) in [5, 5.41) is 0. The van der Waals surface area contributed by atoms with Crippen molar-refractivity contribution >= 4 is 0 Å². The van der Waals surface area contributed by atoms with Gasteiger partial charge in [0.2, 0.25) is 0 Å². The Bertz CT molecular complexity index is 1160. The van der Waals surface area contributed by atoms with Crippen LogP contribution in [0.2, 0.25) is 0 Å². The van der Waals surface area contributed by atoms with Gasteiger partial charge in [-0.25, -0.2) is 0 Å². The molecule has 0 aliphatic carbocycles. The van der Waals surface area contributed by atoms with Gasteiger partial charge in [-0.2, -0.15) is 0 Å². The van der Waals surface area contributed by atoms with Crippen LogP contribution in [0.4, 0.5) is 0 Å². The van der Waals surface area contributed by atoms with Crippen molar-refractivity contribution in [2.45, 2.75) is 176 Å². The molecule has 0 nitrogen and oxygen atoms in total. The van der Waals surface area contributed by atoms with Crippen LogP contribution in [0.3, 0.4) is 0 Å². The number of hydrogen-bond acceptors (Lipinski definition) is 0. The van der Waals surface area contributed by atoms with Crippen LogP contribution < -0.4 is 0 Å². The van der Waals surface area contributed by atoms with E-state index in [0.717, 1.165) is 6.42 Å². The fourth-order valence-electron chi connectivity index (χ4n) is 6.45. The average Bonchev–Trinajstić information content (AvgIpc) is 2.67. The molecule has 0 spiro atoms. The molecule has 39 heavy (non-hydrogen) atoms. The predicted octanol–water partition coefficient (Wildman–Crippen LogP) is 11.8. The molecule has 0 radical (unpaired) electrons. The van der Waals surface area contributed by atoms with Gasteiger partial charge in [0.05, 0.1) is 0 Å². The Hall–Kier alpha value is -1.56. The molecule has 0 heterocycles. The van der Waals surface area contributed by atoms with Crippen molar-refractivity contribution in [3.63, 3.8) is 0 Å².